The first-order valence-electron chi connectivity index (χ1n) is 7.21. The predicted octanol–water partition coefficient (Wildman–Crippen LogP) is 1.55. The summed E-state index contributed by atoms with van der Waals surface area (Å²) >= 11 is 0. The molecule has 2 bridgehead atoms. The molecule has 0 aromatic heterocycles. The fourth-order valence-electron chi connectivity index (χ4n) is 5.60. The lowest BCUT2D eigenvalue weighted by atomic mass is 9.47. The molecule has 3 aliphatic rings. The molecule has 0 aromatic carbocycles. The van der Waals surface area contributed by atoms with Gasteiger partial charge in [0.25, 0.3) is 0 Å². The molecular weight excluding hydrogens is 228 g/mol. The molecule has 3 nitrogen and oxygen atoms in total. The Balaban J connectivity index is 1.99. The van der Waals surface area contributed by atoms with E-state index in [1.165, 1.54) is 0 Å². The zero-order chi connectivity index (χ0) is 13.3. The van der Waals surface area contributed by atoms with Crippen molar-refractivity contribution in [3.05, 3.63) is 0 Å². The molecule has 0 radical (unpaired) electrons. The fraction of sp³-hybridized carbons (Fsp3) is 1.00. The van der Waals surface area contributed by atoms with E-state index in [4.69, 9.17) is 0 Å². The summed E-state index contributed by atoms with van der Waals surface area (Å²) < 4.78 is 0. The van der Waals surface area contributed by atoms with Gasteiger partial charge in [-0.2, -0.15) is 0 Å². The molecule has 3 aliphatic carbocycles. The van der Waals surface area contributed by atoms with Gasteiger partial charge in [-0.05, 0) is 48.3 Å². The Morgan fingerprint density at radius 1 is 1.06 bits per heavy atom. The van der Waals surface area contributed by atoms with Crippen molar-refractivity contribution in [2.45, 2.75) is 58.7 Å². The zero-order valence-corrected chi connectivity index (χ0v) is 11.7. The van der Waals surface area contributed by atoms with Gasteiger partial charge < -0.3 is 15.3 Å². The van der Waals surface area contributed by atoms with Crippen LogP contribution in [0.4, 0.5) is 0 Å². The molecule has 3 N–H and O–H groups in total. The standard InChI is InChI=1S/C15H26O3/c1-13(2)4-9-12(13)10(17)5-15(8-16)7-14(9,3)6-11(15)18/h9-12,16-18H,4-8H2,1-3H3/t9-,10-,11-,12-,14-,15-/m0/s1. The molecule has 104 valence electrons. The molecule has 0 aliphatic heterocycles. The van der Waals surface area contributed by atoms with Crippen LogP contribution in [0.2, 0.25) is 0 Å². The highest BCUT2D eigenvalue weighted by Gasteiger charge is 2.66. The average molecular weight is 254 g/mol. The first kappa shape index (κ1) is 12.9. The smallest absolute Gasteiger partial charge is 0.0624 e. The summed E-state index contributed by atoms with van der Waals surface area (Å²) in [7, 11) is 0. The normalized spacial score (nSPS) is 57.7. The molecule has 0 unspecified atom stereocenters. The molecular formula is C15H26O3. The Morgan fingerprint density at radius 3 is 2.28 bits per heavy atom. The minimum atomic E-state index is -0.457. The molecule has 3 rings (SSSR count). The SMILES string of the molecule is CC1(C)C[C@H]2[C@H]1[C@@H](O)C[C@@]1(CO)C[C@]2(C)C[C@@H]1O. The predicted molar refractivity (Wildman–Crippen MR) is 68.9 cm³/mol. The number of aliphatic hydroxyl groups excluding tert-OH is 3. The second-order valence-electron chi connectivity index (χ2n) is 8.17. The van der Waals surface area contributed by atoms with Crippen LogP contribution in [0.3, 0.4) is 0 Å². The minimum Gasteiger partial charge on any atom is -0.396 e. The number of hydrogen-bond donors (Lipinski definition) is 3. The lowest BCUT2D eigenvalue weighted by Gasteiger charge is -2.59. The molecule has 0 spiro atoms. The van der Waals surface area contributed by atoms with E-state index in [0.29, 0.717) is 18.3 Å². The van der Waals surface area contributed by atoms with Gasteiger partial charge in [0.2, 0.25) is 0 Å². The van der Waals surface area contributed by atoms with Crippen LogP contribution in [0.1, 0.15) is 46.5 Å². The van der Waals surface area contributed by atoms with Crippen LogP contribution >= 0.6 is 0 Å². The van der Waals surface area contributed by atoms with E-state index in [0.717, 1.165) is 19.3 Å². The van der Waals surface area contributed by atoms with Gasteiger partial charge in [-0.3, -0.25) is 0 Å². The zero-order valence-electron chi connectivity index (χ0n) is 11.7. The van der Waals surface area contributed by atoms with E-state index in [1.807, 2.05) is 0 Å². The third-order valence-corrected chi connectivity index (χ3v) is 6.44. The van der Waals surface area contributed by atoms with Crippen molar-refractivity contribution in [1.29, 1.82) is 0 Å². The van der Waals surface area contributed by atoms with Gasteiger partial charge in [0.1, 0.15) is 0 Å². The van der Waals surface area contributed by atoms with E-state index in [-0.39, 0.29) is 23.5 Å². The van der Waals surface area contributed by atoms with E-state index in [2.05, 4.69) is 20.8 Å². The highest BCUT2D eigenvalue weighted by molar-refractivity contribution is 5.15. The molecule has 0 aromatic rings. The van der Waals surface area contributed by atoms with Gasteiger partial charge in [-0.15, -0.1) is 0 Å². The van der Waals surface area contributed by atoms with Crippen molar-refractivity contribution in [1.82, 2.24) is 0 Å². The summed E-state index contributed by atoms with van der Waals surface area (Å²) in [6.07, 6.45) is 2.53. The number of aliphatic hydroxyl groups is 3. The van der Waals surface area contributed by atoms with Gasteiger partial charge in [0.15, 0.2) is 0 Å². The summed E-state index contributed by atoms with van der Waals surface area (Å²) in [4.78, 5) is 0. The summed E-state index contributed by atoms with van der Waals surface area (Å²) in [5.41, 5.74) is -0.152. The summed E-state index contributed by atoms with van der Waals surface area (Å²) in [6.45, 7) is 6.73. The van der Waals surface area contributed by atoms with Crippen LogP contribution in [-0.2, 0) is 0 Å². The van der Waals surface area contributed by atoms with Crippen LogP contribution in [-0.4, -0.2) is 34.1 Å². The Hall–Kier alpha value is -0.120. The van der Waals surface area contributed by atoms with Crippen molar-refractivity contribution in [3.63, 3.8) is 0 Å². The Labute approximate surface area is 109 Å². The van der Waals surface area contributed by atoms with Gasteiger partial charge in [0, 0.05) is 5.41 Å². The van der Waals surface area contributed by atoms with Crippen LogP contribution in [0.25, 0.3) is 0 Å². The molecule has 6 atom stereocenters. The number of hydrogen-bond acceptors (Lipinski definition) is 3. The highest BCUT2D eigenvalue weighted by atomic mass is 16.3. The van der Waals surface area contributed by atoms with E-state index in [1.54, 1.807) is 0 Å². The lowest BCUT2D eigenvalue weighted by Crippen LogP contribution is -2.55. The molecule has 0 saturated heterocycles. The summed E-state index contributed by atoms with van der Waals surface area (Å²) in [6, 6.07) is 0. The first-order valence-corrected chi connectivity index (χ1v) is 7.21. The molecule has 3 saturated carbocycles. The molecule has 3 heteroatoms. The molecule has 18 heavy (non-hydrogen) atoms. The topological polar surface area (TPSA) is 60.7 Å². The van der Waals surface area contributed by atoms with Crippen LogP contribution in [0, 0.1) is 28.1 Å². The minimum absolute atomic E-state index is 0.000680. The van der Waals surface area contributed by atoms with Crippen molar-refractivity contribution in [2.24, 2.45) is 28.1 Å². The number of rotatable bonds is 1. The maximum atomic E-state index is 10.5. The van der Waals surface area contributed by atoms with E-state index in [9.17, 15) is 15.3 Å². The molecule has 3 fully saturated rings. The van der Waals surface area contributed by atoms with Crippen molar-refractivity contribution in [2.75, 3.05) is 6.61 Å². The summed E-state index contributed by atoms with van der Waals surface area (Å²) in [5.74, 6) is 0.844. The van der Waals surface area contributed by atoms with Gasteiger partial charge >= 0.3 is 0 Å². The van der Waals surface area contributed by atoms with Crippen LogP contribution < -0.4 is 0 Å². The Bertz CT molecular complexity index is 367. The second kappa shape index (κ2) is 3.50. The monoisotopic (exact) mass is 254 g/mol. The Kier molecular flexibility index (Phi) is 2.51. The van der Waals surface area contributed by atoms with E-state index >= 15 is 0 Å². The fourth-order valence-corrected chi connectivity index (χ4v) is 5.60. The third-order valence-electron chi connectivity index (χ3n) is 6.44. The summed E-state index contributed by atoms with van der Waals surface area (Å²) in [5, 5.41) is 30.6. The quantitative estimate of drug-likeness (QED) is 0.665. The van der Waals surface area contributed by atoms with Gasteiger partial charge in [-0.25, -0.2) is 0 Å². The largest absolute Gasteiger partial charge is 0.396 e. The number of fused-ring (bicyclic) bond motifs is 4. The highest BCUT2D eigenvalue weighted by Crippen LogP contribution is 2.69. The van der Waals surface area contributed by atoms with Gasteiger partial charge in [-0.1, -0.05) is 20.8 Å². The maximum absolute atomic E-state index is 10.5. The second-order valence-corrected chi connectivity index (χ2v) is 8.17. The van der Waals surface area contributed by atoms with E-state index < -0.39 is 11.5 Å². The average Bonchev–Trinajstić information content (AvgIpc) is 2.43. The van der Waals surface area contributed by atoms with Crippen molar-refractivity contribution >= 4 is 0 Å². The third kappa shape index (κ3) is 1.41. The van der Waals surface area contributed by atoms with Crippen molar-refractivity contribution in [3.8, 4) is 0 Å². The first-order chi connectivity index (χ1) is 8.24. The lowest BCUT2D eigenvalue weighted by molar-refractivity contribution is -0.148. The maximum Gasteiger partial charge on any atom is 0.0624 e. The van der Waals surface area contributed by atoms with Crippen LogP contribution in [0.15, 0.2) is 0 Å². The van der Waals surface area contributed by atoms with Gasteiger partial charge in [0.05, 0.1) is 18.8 Å². The molecule has 0 heterocycles. The molecule has 0 amide bonds. The van der Waals surface area contributed by atoms with Crippen LogP contribution in [0.5, 0.6) is 0 Å². The van der Waals surface area contributed by atoms with Crippen molar-refractivity contribution < 1.29 is 15.3 Å². The Morgan fingerprint density at radius 2 is 1.72 bits per heavy atom.